The number of ether oxygens (including phenoxy) is 1. The van der Waals surface area contributed by atoms with Gasteiger partial charge in [0, 0.05) is 6.54 Å². The van der Waals surface area contributed by atoms with Gasteiger partial charge in [-0.05, 0) is 49.3 Å². The van der Waals surface area contributed by atoms with Gasteiger partial charge in [-0.15, -0.1) is 0 Å². The van der Waals surface area contributed by atoms with Gasteiger partial charge in [0.1, 0.15) is 11.5 Å². The highest BCUT2D eigenvalue weighted by molar-refractivity contribution is 5.33. The van der Waals surface area contributed by atoms with Crippen LogP contribution < -0.4 is 4.74 Å². The van der Waals surface area contributed by atoms with E-state index in [2.05, 4.69) is 43.0 Å². The first kappa shape index (κ1) is 16.3. The number of likely N-dealkylation sites (N-methyl/N-ethyl adjacent to an activating group) is 1. The Hall–Kier alpha value is -2.06. The average molecular weight is 295 g/mol. The van der Waals surface area contributed by atoms with E-state index in [-0.39, 0.29) is 0 Å². The van der Waals surface area contributed by atoms with Crippen LogP contribution in [0, 0.1) is 0 Å². The van der Waals surface area contributed by atoms with Crippen LogP contribution in [0.25, 0.3) is 0 Å². The molecule has 0 aromatic heterocycles. The standard InChI is InChI=1S/C20H25NO/c1-3-21(4-2)17-9-8-10-18-13-15-20(16-14-18)22-19-11-6-5-7-12-19/h5-9,11-16H,3-4,10,17H2,1-2H3. The van der Waals surface area contributed by atoms with Gasteiger partial charge in [-0.25, -0.2) is 0 Å². The number of rotatable bonds is 8. The third kappa shape index (κ3) is 5.38. The Balaban J connectivity index is 1.83. The Bertz CT molecular complexity index is 556. The predicted molar refractivity (Wildman–Crippen MR) is 93.6 cm³/mol. The normalized spacial score (nSPS) is 11.2. The molecule has 2 aromatic rings. The van der Waals surface area contributed by atoms with Crippen LogP contribution in [0.5, 0.6) is 11.5 Å². The summed E-state index contributed by atoms with van der Waals surface area (Å²) in [5.74, 6) is 1.75. The molecule has 0 amide bonds. The lowest BCUT2D eigenvalue weighted by Crippen LogP contribution is -2.22. The van der Waals surface area contributed by atoms with E-state index in [1.807, 2.05) is 42.5 Å². The van der Waals surface area contributed by atoms with E-state index in [0.717, 1.165) is 37.6 Å². The average Bonchev–Trinajstić information content (AvgIpc) is 2.57. The van der Waals surface area contributed by atoms with Gasteiger partial charge in [-0.2, -0.15) is 0 Å². The van der Waals surface area contributed by atoms with Gasteiger partial charge in [-0.3, -0.25) is 0 Å². The quantitative estimate of drug-likeness (QED) is 0.641. The molecule has 0 spiro atoms. The van der Waals surface area contributed by atoms with Crippen LogP contribution in [0.2, 0.25) is 0 Å². The topological polar surface area (TPSA) is 12.5 Å². The smallest absolute Gasteiger partial charge is 0.127 e. The van der Waals surface area contributed by atoms with Crippen LogP contribution in [0.3, 0.4) is 0 Å². The molecule has 0 saturated carbocycles. The third-order valence-electron chi connectivity index (χ3n) is 3.68. The van der Waals surface area contributed by atoms with Crippen molar-refractivity contribution in [2.45, 2.75) is 20.3 Å². The number of benzene rings is 2. The second kappa shape index (κ2) is 9.06. The number of nitrogens with zero attached hydrogens (tertiary/aromatic N) is 1. The van der Waals surface area contributed by atoms with Crippen molar-refractivity contribution in [2.24, 2.45) is 0 Å². The molecule has 2 nitrogen and oxygen atoms in total. The van der Waals surface area contributed by atoms with E-state index >= 15 is 0 Å². The van der Waals surface area contributed by atoms with Crippen LogP contribution in [0.15, 0.2) is 66.7 Å². The van der Waals surface area contributed by atoms with Crippen LogP contribution in [0.1, 0.15) is 19.4 Å². The van der Waals surface area contributed by atoms with E-state index in [4.69, 9.17) is 4.74 Å². The van der Waals surface area contributed by atoms with Gasteiger partial charge in [0.2, 0.25) is 0 Å². The molecule has 0 heterocycles. The zero-order valence-corrected chi connectivity index (χ0v) is 13.5. The van der Waals surface area contributed by atoms with E-state index in [1.54, 1.807) is 0 Å². The van der Waals surface area contributed by atoms with Gasteiger partial charge in [-0.1, -0.05) is 56.3 Å². The third-order valence-corrected chi connectivity index (χ3v) is 3.68. The maximum absolute atomic E-state index is 5.79. The lowest BCUT2D eigenvalue weighted by molar-refractivity contribution is 0.337. The fraction of sp³-hybridized carbons (Fsp3) is 0.300. The summed E-state index contributed by atoms with van der Waals surface area (Å²) < 4.78 is 5.79. The maximum Gasteiger partial charge on any atom is 0.127 e. The Morgan fingerprint density at radius 1 is 0.818 bits per heavy atom. The Kier molecular flexibility index (Phi) is 6.72. The van der Waals surface area contributed by atoms with E-state index in [1.165, 1.54) is 5.56 Å². The summed E-state index contributed by atoms with van der Waals surface area (Å²) in [7, 11) is 0. The molecule has 0 bridgehead atoms. The van der Waals surface area contributed by atoms with Crippen molar-refractivity contribution in [2.75, 3.05) is 19.6 Å². The van der Waals surface area contributed by atoms with Gasteiger partial charge in [0.15, 0.2) is 0 Å². The maximum atomic E-state index is 5.79. The summed E-state index contributed by atoms with van der Waals surface area (Å²) >= 11 is 0. The Morgan fingerprint density at radius 3 is 2.09 bits per heavy atom. The van der Waals surface area contributed by atoms with Crippen molar-refractivity contribution < 1.29 is 4.74 Å². The van der Waals surface area contributed by atoms with Crippen LogP contribution >= 0.6 is 0 Å². The molecule has 0 unspecified atom stereocenters. The zero-order chi connectivity index (χ0) is 15.6. The van der Waals surface area contributed by atoms with Gasteiger partial charge >= 0.3 is 0 Å². The van der Waals surface area contributed by atoms with E-state index < -0.39 is 0 Å². The summed E-state index contributed by atoms with van der Waals surface area (Å²) in [6, 6.07) is 18.2. The second-order valence-corrected chi connectivity index (χ2v) is 5.22. The number of hydrogen-bond acceptors (Lipinski definition) is 2. The highest BCUT2D eigenvalue weighted by Crippen LogP contribution is 2.21. The molecule has 0 saturated heterocycles. The summed E-state index contributed by atoms with van der Waals surface area (Å²) in [6.07, 6.45) is 5.46. The zero-order valence-electron chi connectivity index (χ0n) is 13.5. The molecule has 0 aliphatic heterocycles. The molecule has 0 atom stereocenters. The highest BCUT2D eigenvalue weighted by atomic mass is 16.5. The molecular formula is C20H25NO. The number of para-hydroxylation sites is 1. The van der Waals surface area contributed by atoms with Gasteiger partial charge < -0.3 is 9.64 Å². The summed E-state index contributed by atoms with van der Waals surface area (Å²) in [6.45, 7) is 7.63. The van der Waals surface area contributed by atoms with Gasteiger partial charge in [0.05, 0.1) is 0 Å². The SMILES string of the molecule is CCN(CC)CC=CCc1ccc(Oc2ccccc2)cc1. The minimum Gasteiger partial charge on any atom is -0.457 e. The largest absolute Gasteiger partial charge is 0.457 e. The van der Waals surface area contributed by atoms with Crippen molar-refractivity contribution in [3.63, 3.8) is 0 Å². The fourth-order valence-corrected chi connectivity index (χ4v) is 2.24. The predicted octanol–water partition coefficient (Wildman–Crippen LogP) is 4.92. The summed E-state index contributed by atoms with van der Waals surface area (Å²) in [4.78, 5) is 2.40. The second-order valence-electron chi connectivity index (χ2n) is 5.22. The monoisotopic (exact) mass is 295 g/mol. The first-order chi connectivity index (χ1) is 10.8. The number of hydrogen-bond donors (Lipinski definition) is 0. The molecule has 2 heteroatoms. The summed E-state index contributed by atoms with van der Waals surface area (Å²) in [5.41, 5.74) is 1.30. The molecule has 0 N–H and O–H groups in total. The molecule has 0 aliphatic rings. The molecule has 2 aromatic carbocycles. The van der Waals surface area contributed by atoms with Crippen molar-refractivity contribution >= 4 is 0 Å². The van der Waals surface area contributed by atoms with Crippen LogP contribution in [-0.2, 0) is 6.42 Å². The minimum absolute atomic E-state index is 0.870. The Morgan fingerprint density at radius 2 is 1.45 bits per heavy atom. The lowest BCUT2D eigenvalue weighted by atomic mass is 10.1. The molecule has 116 valence electrons. The first-order valence-electron chi connectivity index (χ1n) is 8.01. The van der Waals surface area contributed by atoms with Crippen molar-refractivity contribution in [1.29, 1.82) is 0 Å². The molecule has 2 rings (SSSR count). The summed E-state index contributed by atoms with van der Waals surface area (Å²) in [5, 5.41) is 0. The van der Waals surface area contributed by atoms with Crippen molar-refractivity contribution in [3.05, 3.63) is 72.3 Å². The van der Waals surface area contributed by atoms with Crippen LogP contribution in [0.4, 0.5) is 0 Å². The van der Waals surface area contributed by atoms with E-state index in [0.29, 0.717) is 0 Å². The van der Waals surface area contributed by atoms with Crippen LogP contribution in [-0.4, -0.2) is 24.5 Å². The fourth-order valence-electron chi connectivity index (χ4n) is 2.24. The highest BCUT2D eigenvalue weighted by Gasteiger charge is 1.97. The van der Waals surface area contributed by atoms with Crippen molar-refractivity contribution in [1.82, 2.24) is 4.90 Å². The molecule has 0 radical (unpaired) electrons. The minimum atomic E-state index is 0.870. The molecule has 0 fully saturated rings. The lowest BCUT2D eigenvalue weighted by Gasteiger charge is -2.14. The molecular weight excluding hydrogens is 270 g/mol. The first-order valence-corrected chi connectivity index (χ1v) is 8.01. The van der Waals surface area contributed by atoms with Gasteiger partial charge in [0.25, 0.3) is 0 Å². The van der Waals surface area contributed by atoms with Crippen molar-refractivity contribution in [3.8, 4) is 11.5 Å². The Labute approximate surface area is 134 Å². The molecule has 22 heavy (non-hydrogen) atoms. The number of allylic oxidation sites excluding steroid dienone is 1. The molecule has 0 aliphatic carbocycles. The van der Waals surface area contributed by atoms with E-state index in [9.17, 15) is 0 Å².